The molecule has 5 aromatic rings. The zero-order chi connectivity index (χ0) is 22.8. The van der Waals surface area contributed by atoms with Gasteiger partial charge in [0.05, 0.1) is 11.1 Å². The van der Waals surface area contributed by atoms with Crippen LogP contribution in [0.4, 0.5) is 0 Å². The van der Waals surface area contributed by atoms with E-state index in [9.17, 15) is 4.79 Å². The van der Waals surface area contributed by atoms with E-state index in [1.165, 1.54) is 5.56 Å². The zero-order valence-corrected chi connectivity index (χ0v) is 18.9. The summed E-state index contributed by atoms with van der Waals surface area (Å²) in [5.74, 6) is 0. The minimum atomic E-state index is 0.00455. The Kier molecular flexibility index (Phi) is 5.76. The molecule has 4 nitrogen and oxygen atoms in total. The Morgan fingerprint density at radius 2 is 1.58 bits per heavy atom. The fraction of sp³-hybridized carbons (Fsp3) is 0.107. The average Bonchev–Trinajstić information content (AvgIpc) is 2.83. The van der Waals surface area contributed by atoms with Crippen molar-refractivity contribution >= 4 is 22.6 Å². The summed E-state index contributed by atoms with van der Waals surface area (Å²) in [7, 11) is 0. The minimum Gasteiger partial charge on any atom is -0.346 e. The molecule has 5 rings (SSSR count). The summed E-state index contributed by atoms with van der Waals surface area (Å²) in [6.45, 7) is 1.90. The summed E-state index contributed by atoms with van der Waals surface area (Å²) in [5, 5.41) is 0.982. The van der Waals surface area contributed by atoms with Crippen molar-refractivity contribution < 1.29 is 0 Å². The maximum absolute atomic E-state index is 13.4. The summed E-state index contributed by atoms with van der Waals surface area (Å²) in [6, 6.07) is 25.9. The molecule has 0 unspecified atom stereocenters. The van der Waals surface area contributed by atoms with Crippen LogP contribution in [0.1, 0.15) is 16.8 Å². The second-order valence-corrected chi connectivity index (χ2v) is 8.48. The van der Waals surface area contributed by atoms with Gasteiger partial charge in [-0.3, -0.25) is 4.79 Å². The Balaban J connectivity index is 1.66. The Hall–Kier alpha value is -3.76. The first-order chi connectivity index (χ1) is 16.1. The van der Waals surface area contributed by atoms with E-state index in [-0.39, 0.29) is 5.43 Å². The van der Waals surface area contributed by atoms with Crippen LogP contribution in [0.15, 0.2) is 89.9 Å². The number of aromatic amines is 1. The Morgan fingerprint density at radius 1 is 0.848 bits per heavy atom. The van der Waals surface area contributed by atoms with Crippen LogP contribution in [0.5, 0.6) is 0 Å². The summed E-state index contributed by atoms with van der Waals surface area (Å²) in [5.41, 5.74) is 6.83. The number of benzene rings is 2. The number of rotatable bonds is 5. The summed E-state index contributed by atoms with van der Waals surface area (Å²) >= 11 is 6.27. The molecule has 5 heteroatoms. The van der Waals surface area contributed by atoms with E-state index in [1.807, 2.05) is 73.7 Å². The fourth-order valence-corrected chi connectivity index (χ4v) is 4.37. The van der Waals surface area contributed by atoms with Crippen molar-refractivity contribution in [2.75, 3.05) is 0 Å². The zero-order valence-electron chi connectivity index (χ0n) is 18.2. The first-order valence-electron chi connectivity index (χ1n) is 10.9. The smallest absolute Gasteiger partial charge is 0.194 e. The molecule has 0 aliphatic heterocycles. The average molecular weight is 452 g/mol. The molecular formula is C28H22ClN3O. The van der Waals surface area contributed by atoms with Crippen LogP contribution in [-0.4, -0.2) is 15.0 Å². The topological polar surface area (TPSA) is 58.6 Å². The highest BCUT2D eigenvalue weighted by atomic mass is 35.5. The molecule has 0 saturated carbocycles. The Labute approximate surface area is 197 Å². The Bertz CT molecular complexity index is 1470. The molecule has 0 aliphatic rings. The van der Waals surface area contributed by atoms with Gasteiger partial charge in [-0.15, -0.1) is 0 Å². The predicted octanol–water partition coefficient (Wildman–Crippen LogP) is 6.40. The van der Waals surface area contributed by atoms with E-state index in [1.54, 1.807) is 6.20 Å². The van der Waals surface area contributed by atoms with Crippen molar-refractivity contribution in [1.82, 2.24) is 15.0 Å². The van der Waals surface area contributed by atoms with Gasteiger partial charge in [-0.1, -0.05) is 72.3 Å². The lowest BCUT2D eigenvalue weighted by molar-refractivity contribution is 0.944. The highest BCUT2D eigenvalue weighted by molar-refractivity contribution is 6.29. The maximum Gasteiger partial charge on any atom is 0.194 e. The molecule has 162 valence electrons. The van der Waals surface area contributed by atoms with Gasteiger partial charge in [-0.2, -0.15) is 0 Å². The lowest BCUT2D eigenvalue weighted by Crippen LogP contribution is -2.12. The van der Waals surface area contributed by atoms with Gasteiger partial charge in [-0.25, -0.2) is 9.97 Å². The van der Waals surface area contributed by atoms with E-state index in [0.29, 0.717) is 22.6 Å². The van der Waals surface area contributed by atoms with E-state index in [4.69, 9.17) is 16.6 Å². The number of nitrogens with zero attached hydrogens (tertiary/aromatic N) is 2. The third-order valence-corrected chi connectivity index (χ3v) is 5.94. The van der Waals surface area contributed by atoms with Crippen LogP contribution >= 0.6 is 11.6 Å². The molecule has 0 amide bonds. The van der Waals surface area contributed by atoms with Crippen molar-refractivity contribution in [2.24, 2.45) is 0 Å². The molecule has 0 bridgehead atoms. The first-order valence-corrected chi connectivity index (χ1v) is 11.3. The third kappa shape index (κ3) is 4.43. The summed E-state index contributed by atoms with van der Waals surface area (Å²) in [4.78, 5) is 25.8. The van der Waals surface area contributed by atoms with Crippen molar-refractivity contribution in [3.05, 3.63) is 117 Å². The van der Waals surface area contributed by atoms with Gasteiger partial charge >= 0.3 is 0 Å². The second kappa shape index (κ2) is 9.00. The van der Waals surface area contributed by atoms with Crippen LogP contribution in [0, 0.1) is 6.92 Å². The quantitative estimate of drug-likeness (QED) is 0.314. The lowest BCUT2D eigenvalue weighted by Gasteiger charge is -2.13. The van der Waals surface area contributed by atoms with Gasteiger partial charge in [0.2, 0.25) is 0 Å². The van der Waals surface area contributed by atoms with E-state index < -0.39 is 0 Å². The Morgan fingerprint density at radius 3 is 2.30 bits per heavy atom. The number of hydrogen-bond acceptors (Lipinski definition) is 3. The standard InChI is InChI=1S/C28H22ClN3O/c1-18-14-22(15-25(29)31-18)23-16-24-27(33)21(13-12-19-8-4-2-5-9-19)17-30-28(24)32-26(23)20-10-6-3-7-11-20/h2-11,14-17H,12-13H2,1H3,(H,30,32,33). The molecule has 0 saturated heterocycles. The van der Waals surface area contributed by atoms with Crippen molar-refractivity contribution in [2.45, 2.75) is 19.8 Å². The molecule has 0 fully saturated rings. The monoisotopic (exact) mass is 451 g/mol. The SMILES string of the molecule is Cc1cc(-c2cc3c(=O)c(CCc4ccccc4)c[nH]c3nc2-c2ccccc2)cc(Cl)n1. The number of aromatic nitrogens is 3. The second-order valence-electron chi connectivity index (χ2n) is 8.10. The van der Waals surface area contributed by atoms with Gasteiger partial charge < -0.3 is 4.98 Å². The molecule has 33 heavy (non-hydrogen) atoms. The lowest BCUT2D eigenvalue weighted by atomic mass is 9.97. The summed E-state index contributed by atoms with van der Waals surface area (Å²) < 4.78 is 0. The number of fused-ring (bicyclic) bond motifs is 1. The number of nitrogens with one attached hydrogen (secondary N) is 1. The molecule has 3 heterocycles. The molecular weight excluding hydrogens is 430 g/mol. The van der Waals surface area contributed by atoms with Crippen LogP contribution in [0.3, 0.4) is 0 Å². The van der Waals surface area contributed by atoms with Gasteiger partial charge in [0.1, 0.15) is 10.8 Å². The van der Waals surface area contributed by atoms with Crippen molar-refractivity contribution in [1.29, 1.82) is 0 Å². The molecule has 1 N–H and O–H groups in total. The predicted molar refractivity (Wildman–Crippen MR) is 135 cm³/mol. The molecule has 2 aromatic carbocycles. The largest absolute Gasteiger partial charge is 0.346 e. The van der Waals surface area contributed by atoms with Crippen LogP contribution in [-0.2, 0) is 12.8 Å². The van der Waals surface area contributed by atoms with Crippen LogP contribution < -0.4 is 5.43 Å². The number of pyridine rings is 3. The molecule has 0 atom stereocenters. The van der Waals surface area contributed by atoms with Crippen molar-refractivity contribution in [3.8, 4) is 22.4 Å². The number of H-pyrrole nitrogens is 1. The van der Waals surface area contributed by atoms with Crippen LogP contribution in [0.25, 0.3) is 33.4 Å². The van der Waals surface area contributed by atoms with E-state index >= 15 is 0 Å². The molecule has 0 aliphatic carbocycles. The fourth-order valence-electron chi connectivity index (χ4n) is 4.12. The van der Waals surface area contributed by atoms with Crippen LogP contribution in [0.2, 0.25) is 5.15 Å². The minimum absolute atomic E-state index is 0.00455. The van der Waals surface area contributed by atoms with Gasteiger partial charge in [0.25, 0.3) is 0 Å². The number of aryl methyl sites for hydroxylation is 3. The molecule has 0 radical (unpaired) electrons. The highest BCUT2D eigenvalue weighted by Crippen LogP contribution is 2.33. The van der Waals surface area contributed by atoms with Gasteiger partial charge in [-0.05, 0) is 49.1 Å². The highest BCUT2D eigenvalue weighted by Gasteiger charge is 2.16. The first kappa shape index (κ1) is 21.1. The normalized spacial score (nSPS) is 11.1. The molecule has 0 spiro atoms. The number of halogens is 1. The number of hydrogen-bond donors (Lipinski definition) is 1. The van der Waals surface area contributed by atoms with Crippen molar-refractivity contribution in [3.63, 3.8) is 0 Å². The van der Waals surface area contributed by atoms with E-state index in [2.05, 4.69) is 22.1 Å². The van der Waals surface area contributed by atoms with E-state index in [0.717, 1.165) is 40.1 Å². The molecule has 3 aromatic heterocycles. The maximum atomic E-state index is 13.4. The summed E-state index contributed by atoms with van der Waals surface area (Å²) in [6.07, 6.45) is 3.25. The third-order valence-electron chi connectivity index (χ3n) is 5.75. The van der Waals surface area contributed by atoms with Gasteiger partial charge in [0.15, 0.2) is 5.43 Å². The van der Waals surface area contributed by atoms with Gasteiger partial charge in [0, 0.05) is 28.6 Å².